The van der Waals surface area contributed by atoms with Gasteiger partial charge in [-0.1, -0.05) is 12.1 Å². The molecule has 0 spiro atoms. The second kappa shape index (κ2) is 5.98. The van der Waals surface area contributed by atoms with E-state index in [0.717, 1.165) is 11.4 Å². The summed E-state index contributed by atoms with van der Waals surface area (Å²) in [4.78, 5) is 0. The van der Waals surface area contributed by atoms with Gasteiger partial charge in [-0.15, -0.1) is 24.8 Å². The highest BCUT2D eigenvalue weighted by Gasteiger charge is 1.96. The van der Waals surface area contributed by atoms with Crippen molar-refractivity contribution in [2.45, 2.75) is 6.92 Å². The highest BCUT2D eigenvalue weighted by atomic mass is 35.5. The van der Waals surface area contributed by atoms with Crippen LogP contribution in [0.2, 0.25) is 0 Å². The molecule has 0 amide bonds. The fraction of sp³-hybridized carbons (Fsp3) is 0.250. The molecule has 3 N–H and O–H groups in total. The van der Waals surface area contributed by atoms with Crippen LogP contribution in [0.25, 0.3) is 0 Å². The minimum atomic E-state index is 0. The first kappa shape index (κ1) is 14.0. The monoisotopic (exact) mass is 208 g/mol. The summed E-state index contributed by atoms with van der Waals surface area (Å²) in [5.74, 6) is 0. The van der Waals surface area contributed by atoms with Gasteiger partial charge >= 0.3 is 0 Å². The first-order valence-electron chi connectivity index (χ1n) is 3.28. The van der Waals surface area contributed by atoms with E-state index in [1.165, 1.54) is 5.56 Å². The number of aryl methyl sites for hydroxylation is 1. The Kier molecular flexibility index (Phi) is 6.95. The van der Waals surface area contributed by atoms with Gasteiger partial charge < -0.3 is 11.1 Å². The fourth-order valence-electron chi connectivity index (χ4n) is 1.03. The quantitative estimate of drug-likeness (QED) is 0.697. The van der Waals surface area contributed by atoms with Gasteiger partial charge in [0.05, 0.1) is 11.4 Å². The largest absolute Gasteiger partial charge is 0.397 e. The third kappa shape index (κ3) is 2.80. The van der Waals surface area contributed by atoms with Gasteiger partial charge in [0.1, 0.15) is 0 Å². The fourth-order valence-corrected chi connectivity index (χ4v) is 1.03. The van der Waals surface area contributed by atoms with E-state index in [1.54, 1.807) is 0 Å². The normalized spacial score (nSPS) is 7.83. The highest BCUT2D eigenvalue weighted by molar-refractivity contribution is 5.85. The van der Waals surface area contributed by atoms with Crippen molar-refractivity contribution < 1.29 is 0 Å². The summed E-state index contributed by atoms with van der Waals surface area (Å²) in [7, 11) is 1.87. The van der Waals surface area contributed by atoms with Crippen LogP contribution in [0, 0.1) is 6.92 Å². The number of halogens is 2. The molecule has 1 aromatic carbocycles. The lowest BCUT2D eigenvalue weighted by Crippen LogP contribution is -1.97. The molecule has 4 heteroatoms. The topological polar surface area (TPSA) is 38.0 Å². The van der Waals surface area contributed by atoms with Crippen molar-refractivity contribution in [1.82, 2.24) is 0 Å². The van der Waals surface area contributed by atoms with E-state index in [9.17, 15) is 0 Å². The SMILES string of the molecule is CNc1c(C)cccc1N.Cl.Cl. The van der Waals surface area contributed by atoms with Gasteiger partial charge in [0.2, 0.25) is 0 Å². The van der Waals surface area contributed by atoms with E-state index in [0.29, 0.717) is 0 Å². The lowest BCUT2D eigenvalue weighted by molar-refractivity contribution is 1.41. The van der Waals surface area contributed by atoms with Crippen molar-refractivity contribution in [2.24, 2.45) is 0 Å². The maximum Gasteiger partial charge on any atom is 0.0600 e. The number of hydrogen-bond acceptors (Lipinski definition) is 2. The number of nitrogen functional groups attached to an aromatic ring is 1. The summed E-state index contributed by atoms with van der Waals surface area (Å²) in [6, 6.07) is 5.87. The Hall–Kier alpha value is -0.600. The molecule has 70 valence electrons. The van der Waals surface area contributed by atoms with Gasteiger partial charge in [0.25, 0.3) is 0 Å². The van der Waals surface area contributed by atoms with E-state index in [1.807, 2.05) is 32.2 Å². The molecule has 0 fully saturated rings. The van der Waals surface area contributed by atoms with Crippen LogP contribution in [-0.4, -0.2) is 7.05 Å². The minimum Gasteiger partial charge on any atom is -0.397 e. The molecule has 0 heterocycles. The zero-order chi connectivity index (χ0) is 7.56. The smallest absolute Gasteiger partial charge is 0.0600 e. The molecule has 0 unspecified atom stereocenters. The van der Waals surface area contributed by atoms with Crippen molar-refractivity contribution in [1.29, 1.82) is 0 Å². The predicted octanol–water partition coefficient (Wildman–Crippen LogP) is 2.46. The zero-order valence-corrected chi connectivity index (χ0v) is 8.76. The first-order valence-corrected chi connectivity index (χ1v) is 3.28. The summed E-state index contributed by atoms with van der Waals surface area (Å²) in [5, 5.41) is 3.04. The second-order valence-electron chi connectivity index (χ2n) is 2.29. The predicted molar refractivity (Wildman–Crippen MR) is 59.6 cm³/mol. The Morgan fingerprint density at radius 3 is 2.17 bits per heavy atom. The van der Waals surface area contributed by atoms with Gasteiger partial charge in [0, 0.05) is 7.05 Å². The summed E-state index contributed by atoms with van der Waals surface area (Å²) in [5.41, 5.74) is 8.69. The molecule has 0 saturated heterocycles. The molecule has 12 heavy (non-hydrogen) atoms. The van der Waals surface area contributed by atoms with Crippen LogP contribution in [0.15, 0.2) is 18.2 Å². The van der Waals surface area contributed by atoms with Gasteiger partial charge in [-0.2, -0.15) is 0 Å². The third-order valence-electron chi connectivity index (χ3n) is 1.56. The van der Waals surface area contributed by atoms with Crippen molar-refractivity contribution in [3.05, 3.63) is 23.8 Å². The van der Waals surface area contributed by atoms with Gasteiger partial charge in [-0.3, -0.25) is 0 Å². The maximum atomic E-state index is 5.67. The molecule has 0 atom stereocenters. The van der Waals surface area contributed by atoms with E-state index in [2.05, 4.69) is 5.32 Å². The van der Waals surface area contributed by atoms with E-state index >= 15 is 0 Å². The van der Waals surface area contributed by atoms with Crippen LogP contribution in [0.5, 0.6) is 0 Å². The molecule has 0 radical (unpaired) electrons. The third-order valence-corrected chi connectivity index (χ3v) is 1.56. The molecular weight excluding hydrogens is 195 g/mol. The number of nitrogens with one attached hydrogen (secondary N) is 1. The first-order chi connectivity index (χ1) is 4.75. The Labute approximate surface area is 85.4 Å². The lowest BCUT2D eigenvalue weighted by Gasteiger charge is -2.06. The molecule has 0 bridgehead atoms. The van der Waals surface area contributed by atoms with Crippen LogP contribution in [0.4, 0.5) is 11.4 Å². The van der Waals surface area contributed by atoms with E-state index < -0.39 is 0 Å². The maximum absolute atomic E-state index is 5.67. The van der Waals surface area contributed by atoms with Gasteiger partial charge in [-0.05, 0) is 18.6 Å². The molecule has 1 aromatic rings. The van der Waals surface area contributed by atoms with Crippen LogP contribution in [0.1, 0.15) is 5.56 Å². The Balaban J connectivity index is 0. The lowest BCUT2D eigenvalue weighted by atomic mass is 10.2. The van der Waals surface area contributed by atoms with Gasteiger partial charge in [-0.25, -0.2) is 0 Å². The van der Waals surface area contributed by atoms with E-state index in [4.69, 9.17) is 5.73 Å². The number of nitrogens with two attached hydrogens (primary N) is 1. The molecule has 2 nitrogen and oxygen atoms in total. The average molecular weight is 209 g/mol. The number of hydrogen-bond donors (Lipinski definition) is 2. The Morgan fingerprint density at radius 2 is 1.83 bits per heavy atom. The standard InChI is InChI=1S/C8H12N2.2ClH/c1-6-4-3-5-7(9)8(6)10-2;;/h3-5,10H,9H2,1-2H3;2*1H. The number of anilines is 2. The van der Waals surface area contributed by atoms with Crippen molar-refractivity contribution in [3.63, 3.8) is 0 Å². The van der Waals surface area contributed by atoms with Crippen LogP contribution >= 0.6 is 24.8 Å². The number of benzene rings is 1. The second-order valence-corrected chi connectivity index (χ2v) is 2.29. The summed E-state index contributed by atoms with van der Waals surface area (Å²) >= 11 is 0. The molecule has 0 aliphatic carbocycles. The van der Waals surface area contributed by atoms with Crippen molar-refractivity contribution in [2.75, 3.05) is 18.1 Å². The van der Waals surface area contributed by atoms with Crippen LogP contribution < -0.4 is 11.1 Å². The Bertz CT molecular complexity index is 218. The van der Waals surface area contributed by atoms with Crippen molar-refractivity contribution >= 4 is 36.2 Å². The molecular formula is C8H14Cl2N2. The zero-order valence-electron chi connectivity index (χ0n) is 7.13. The highest BCUT2D eigenvalue weighted by Crippen LogP contribution is 2.20. The van der Waals surface area contributed by atoms with Crippen molar-refractivity contribution in [3.8, 4) is 0 Å². The van der Waals surface area contributed by atoms with E-state index in [-0.39, 0.29) is 24.8 Å². The molecule has 0 aromatic heterocycles. The summed E-state index contributed by atoms with van der Waals surface area (Å²) < 4.78 is 0. The molecule has 0 aliphatic rings. The van der Waals surface area contributed by atoms with Gasteiger partial charge in [0.15, 0.2) is 0 Å². The Morgan fingerprint density at radius 1 is 1.25 bits per heavy atom. The number of para-hydroxylation sites is 1. The minimum absolute atomic E-state index is 0. The molecule has 1 rings (SSSR count). The summed E-state index contributed by atoms with van der Waals surface area (Å²) in [6.45, 7) is 2.03. The molecule has 0 aliphatic heterocycles. The van der Waals surface area contributed by atoms with Crippen LogP contribution in [-0.2, 0) is 0 Å². The van der Waals surface area contributed by atoms with Crippen LogP contribution in [0.3, 0.4) is 0 Å². The molecule has 0 saturated carbocycles. The summed E-state index contributed by atoms with van der Waals surface area (Å²) in [6.07, 6.45) is 0. The number of rotatable bonds is 1. The average Bonchev–Trinajstić information content (AvgIpc) is 1.88.